The van der Waals surface area contributed by atoms with Crippen LogP contribution in [0.25, 0.3) is 11.0 Å². The van der Waals surface area contributed by atoms with Crippen molar-refractivity contribution in [3.05, 3.63) is 40.2 Å². The van der Waals surface area contributed by atoms with Crippen LogP contribution in [-0.2, 0) is 0 Å². The Balaban J connectivity index is 2.67. The van der Waals surface area contributed by atoms with Gasteiger partial charge in [0.15, 0.2) is 11.3 Å². The minimum absolute atomic E-state index is 0.0268. The van der Waals surface area contributed by atoms with E-state index in [0.29, 0.717) is 5.39 Å². The van der Waals surface area contributed by atoms with Crippen molar-refractivity contribution in [2.45, 2.75) is 19.9 Å². The molecule has 5 heteroatoms. The Morgan fingerprint density at radius 2 is 2.11 bits per heavy atom. The number of phenols is 1. The van der Waals surface area contributed by atoms with Crippen LogP contribution in [0.4, 0.5) is 0 Å². The molecule has 2 rings (SSSR count). The zero-order chi connectivity index (χ0) is 13.3. The Labute approximate surface area is 103 Å². The molecule has 0 radical (unpaired) electrons. The van der Waals surface area contributed by atoms with Crippen LogP contribution in [0.5, 0.6) is 5.75 Å². The fourth-order valence-electron chi connectivity index (χ4n) is 1.70. The van der Waals surface area contributed by atoms with Gasteiger partial charge in [-0.05, 0) is 19.9 Å². The molecule has 1 amide bonds. The summed E-state index contributed by atoms with van der Waals surface area (Å²) in [6.45, 7) is 3.64. The lowest BCUT2D eigenvalue weighted by Crippen LogP contribution is -2.30. The number of rotatable bonds is 2. The van der Waals surface area contributed by atoms with Crippen LogP contribution >= 0.6 is 0 Å². The van der Waals surface area contributed by atoms with E-state index in [1.165, 1.54) is 6.07 Å². The Kier molecular flexibility index (Phi) is 3.06. The maximum absolute atomic E-state index is 12.0. The molecule has 0 spiro atoms. The van der Waals surface area contributed by atoms with Gasteiger partial charge in [-0.1, -0.05) is 12.1 Å². The van der Waals surface area contributed by atoms with Crippen molar-refractivity contribution in [3.63, 3.8) is 0 Å². The van der Waals surface area contributed by atoms with E-state index in [0.717, 1.165) is 6.07 Å². The van der Waals surface area contributed by atoms with Gasteiger partial charge in [0.25, 0.3) is 5.91 Å². The largest absolute Gasteiger partial charge is 0.504 e. The van der Waals surface area contributed by atoms with Crippen molar-refractivity contribution in [3.8, 4) is 5.75 Å². The first kappa shape index (κ1) is 12.2. The van der Waals surface area contributed by atoms with Gasteiger partial charge in [0.2, 0.25) is 0 Å². The highest BCUT2D eigenvalue weighted by Gasteiger charge is 2.15. The van der Waals surface area contributed by atoms with Crippen LogP contribution in [0, 0.1) is 0 Å². The van der Waals surface area contributed by atoms with Gasteiger partial charge in [0.1, 0.15) is 0 Å². The number of benzene rings is 1. The van der Waals surface area contributed by atoms with Gasteiger partial charge < -0.3 is 14.8 Å². The van der Waals surface area contributed by atoms with Gasteiger partial charge in [-0.15, -0.1) is 0 Å². The van der Waals surface area contributed by atoms with Gasteiger partial charge in [0, 0.05) is 17.5 Å². The van der Waals surface area contributed by atoms with E-state index in [9.17, 15) is 14.7 Å². The lowest BCUT2D eigenvalue weighted by molar-refractivity contribution is 0.0944. The summed E-state index contributed by atoms with van der Waals surface area (Å²) in [7, 11) is 0. The molecule has 0 unspecified atom stereocenters. The van der Waals surface area contributed by atoms with Crippen LogP contribution < -0.4 is 10.9 Å². The lowest BCUT2D eigenvalue weighted by Gasteiger charge is -2.09. The monoisotopic (exact) mass is 247 g/mol. The fraction of sp³-hybridized carbons (Fsp3) is 0.231. The van der Waals surface area contributed by atoms with E-state index < -0.39 is 5.63 Å². The summed E-state index contributed by atoms with van der Waals surface area (Å²) in [5.41, 5.74) is -0.442. The second kappa shape index (κ2) is 4.52. The predicted molar refractivity (Wildman–Crippen MR) is 66.8 cm³/mol. The standard InChI is InChI=1S/C13H13NO4/c1-7(2)14-13(17)9-6-11(16)18-12-8(9)4-3-5-10(12)15/h3-7,15H,1-2H3,(H,14,17). The van der Waals surface area contributed by atoms with Crippen molar-refractivity contribution < 1.29 is 14.3 Å². The van der Waals surface area contributed by atoms with E-state index in [4.69, 9.17) is 4.42 Å². The molecule has 1 aromatic carbocycles. The molecule has 2 N–H and O–H groups in total. The van der Waals surface area contributed by atoms with Crippen molar-refractivity contribution in [2.24, 2.45) is 0 Å². The highest BCUT2D eigenvalue weighted by molar-refractivity contribution is 6.06. The number of hydrogen-bond donors (Lipinski definition) is 2. The molecule has 0 aliphatic rings. The molecule has 1 aromatic heterocycles. The smallest absolute Gasteiger partial charge is 0.337 e. The molecule has 94 valence electrons. The molecular formula is C13H13NO4. The van der Waals surface area contributed by atoms with Crippen LogP contribution in [-0.4, -0.2) is 17.1 Å². The highest BCUT2D eigenvalue weighted by atomic mass is 16.4. The van der Waals surface area contributed by atoms with Crippen molar-refractivity contribution in [1.29, 1.82) is 0 Å². The summed E-state index contributed by atoms with van der Waals surface area (Å²) in [5, 5.41) is 12.7. The summed E-state index contributed by atoms with van der Waals surface area (Å²) in [6, 6.07) is 5.68. The fourth-order valence-corrected chi connectivity index (χ4v) is 1.70. The maximum atomic E-state index is 12.0. The highest BCUT2D eigenvalue weighted by Crippen LogP contribution is 2.25. The normalized spacial score (nSPS) is 10.8. The molecule has 0 fully saturated rings. The minimum atomic E-state index is -0.669. The van der Waals surface area contributed by atoms with Crippen LogP contribution in [0.1, 0.15) is 24.2 Å². The van der Waals surface area contributed by atoms with Crippen LogP contribution in [0.2, 0.25) is 0 Å². The van der Waals surface area contributed by atoms with Gasteiger partial charge in [-0.2, -0.15) is 0 Å². The lowest BCUT2D eigenvalue weighted by atomic mass is 10.1. The Hall–Kier alpha value is -2.30. The number of aromatic hydroxyl groups is 1. The van der Waals surface area contributed by atoms with Gasteiger partial charge in [-0.25, -0.2) is 4.79 Å². The zero-order valence-corrected chi connectivity index (χ0v) is 10.1. The van der Waals surface area contributed by atoms with E-state index in [1.54, 1.807) is 12.1 Å². The van der Waals surface area contributed by atoms with Crippen molar-refractivity contribution in [1.82, 2.24) is 5.32 Å². The number of carbonyl (C=O) groups is 1. The molecule has 0 bridgehead atoms. The summed E-state index contributed by atoms with van der Waals surface area (Å²) >= 11 is 0. The Morgan fingerprint density at radius 3 is 2.78 bits per heavy atom. The van der Waals surface area contributed by atoms with Gasteiger partial charge in [0.05, 0.1) is 5.56 Å². The van der Waals surface area contributed by atoms with Gasteiger partial charge >= 0.3 is 5.63 Å². The summed E-state index contributed by atoms with van der Waals surface area (Å²) in [4.78, 5) is 23.3. The van der Waals surface area contributed by atoms with E-state index in [2.05, 4.69) is 5.32 Å². The first-order chi connectivity index (χ1) is 8.49. The molecule has 2 aromatic rings. The number of amides is 1. The average molecular weight is 247 g/mol. The first-order valence-electron chi connectivity index (χ1n) is 5.55. The average Bonchev–Trinajstić information content (AvgIpc) is 2.28. The number of fused-ring (bicyclic) bond motifs is 1. The Bertz CT molecular complexity index is 658. The van der Waals surface area contributed by atoms with Crippen molar-refractivity contribution >= 4 is 16.9 Å². The molecular weight excluding hydrogens is 234 g/mol. The summed E-state index contributed by atoms with van der Waals surface area (Å²) < 4.78 is 4.90. The number of para-hydroxylation sites is 1. The maximum Gasteiger partial charge on any atom is 0.337 e. The number of nitrogens with one attached hydrogen (secondary N) is 1. The van der Waals surface area contributed by atoms with Crippen molar-refractivity contribution in [2.75, 3.05) is 0 Å². The van der Waals surface area contributed by atoms with Crippen LogP contribution in [0.3, 0.4) is 0 Å². The summed E-state index contributed by atoms with van der Waals surface area (Å²) in [5.74, 6) is -0.530. The van der Waals surface area contributed by atoms with E-state index in [-0.39, 0.29) is 28.8 Å². The van der Waals surface area contributed by atoms with E-state index in [1.807, 2.05) is 13.8 Å². The predicted octanol–water partition coefficient (Wildman–Crippen LogP) is 1.64. The topological polar surface area (TPSA) is 79.5 Å². The number of carbonyl (C=O) groups excluding carboxylic acids is 1. The minimum Gasteiger partial charge on any atom is -0.504 e. The Morgan fingerprint density at radius 1 is 1.39 bits per heavy atom. The number of hydrogen-bond acceptors (Lipinski definition) is 4. The molecule has 5 nitrogen and oxygen atoms in total. The number of phenolic OH excluding ortho intramolecular Hbond substituents is 1. The second-order valence-electron chi connectivity index (χ2n) is 4.26. The third kappa shape index (κ3) is 2.20. The molecule has 0 atom stereocenters. The van der Waals surface area contributed by atoms with Crippen LogP contribution in [0.15, 0.2) is 33.5 Å². The first-order valence-corrected chi connectivity index (χ1v) is 5.55. The molecule has 0 aliphatic carbocycles. The molecule has 0 saturated carbocycles. The molecule has 1 heterocycles. The molecule has 18 heavy (non-hydrogen) atoms. The molecule has 0 saturated heterocycles. The SMILES string of the molecule is CC(C)NC(=O)c1cc(=O)oc2c(O)cccc12. The third-order valence-electron chi connectivity index (χ3n) is 2.41. The third-order valence-corrected chi connectivity index (χ3v) is 2.41. The summed E-state index contributed by atoms with van der Waals surface area (Å²) in [6.07, 6.45) is 0. The quantitative estimate of drug-likeness (QED) is 0.790. The van der Waals surface area contributed by atoms with Gasteiger partial charge in [-0.3, -0.25) is 4.79 Å². The zero-order valence-electron chi connectivity index (χ0n) is 10.1. The molecule has 0 aliphatic heterocycles. The van der Waals surface area contributed by atoms with E-state index >= 15 is 0 Å². The second-order valence-corrected chi connectivity index (χ2v) is 4.26.